The average Bonchev–Trinajstić information content (AvgIpc) is 2.54. The molecule has 0 bridgehead atoms. The standard InChI is InChI=1S/C16H16N2O2S/c1-17-16(21)13-5-3-4-6-14(13)18-15(19)11-7-9-12(20-2)10-8-11/h3-10H,1-2H3,(H,17,21)(H,18,19). The molecule has 0 aromatic heterocycles. The first-order valence-corrected chi connectivity index (χ1v) is 6.83. The number of amides is 1. The second-order valence-corrected chi connectivity index (χ2v) is 4.72. The van der Waals surface area contributed by atoms with Crippen molar-refractivity contribution in [1.82, 2.24) is 5.32 Å². The SMILES string of the molecule is CNC(=S)c1ccccc1NC(=O)c1ccc(OC)cc1. The fourth-order valence-electron chi connectivity index (χ4n) is 1.86. The van der Waals surface area contributed by atoms with Crippen LogP contribution in [0.25, 0.3) is 0 Å². The molecule has 0 saturated heterocycles. The largest absolute Gasteiger partial charge is 0.497 e. The second kappa shape index (κ2) is 6.85. The molecule has 108 valence electrons. The molecule has 0 heterocycles. The monoisotopic (exact) mass is 300 g/mol. The molecule has 0 aliphatic carbocycles. The molecule has 0 aliphatic rings. The minimum absolute atomic E-state index is 0.191. The van der Waals surface area contributed by atoms with Crippen molar-refractivity contribution in [1.29, 1.82) is 0 Å². The Morgan fingerprint density at radius 3 is 2.38 bits per heavy atom. The molecule has 0 atom stereocenters. The maximum atomic E-state index is 12.3. The second-order valence-electron chi connectivity index (χ2n) is 4.31. The number of hydrogen-bond donors (Lipinski definition) is 2. The van der Waals surface area contributed by atoms with Gasteiger partial charge in [-0.1, -0.05) is 24.4 Å². The van der Waals surface area contributed by atoms with Crippen molar-refractivity contribution in [3.63, 3.8) is 0 Å². The third kappa shape index (κ3) is 3.58. The maximum Gasteiger partial charge on any atom is 0.255 e. The van der Waals surface area contributed by atoms with E-state index in [1.165, 1.54) is 0 Å². The van der Waals surface area contributed by atoms with Crippen LogP contribution in [0.4, 0.5) is 5.69 Å². The van der Waals surface area contributed by atoms with Gasteiger partial charge in [-0.2, -0.15) is 0 Å². The Morgan fingerprint density at radius 2 is 1.76 bits per heavy atom. The van der Waals surface area contributed by atoms with Gasteiger partial charge in [0, 0.05) is 18.2 Å². The van der Waals surface area contributed by atoms with Gasteiger partial charge in [0.15, 0.2) is 0 Å². The third-order valence-electron chi connectivity index (χ3n) is 3.00. The van der Waals surface area contributed by atoms with E-state index < -0.39 is 0 Å². The summed E-state index contributed by atoms with van der Waals surface area (Å²) in [6, 6.07) is 14.3. The fraction of sp³-hybridized carbons (Fsp3) is 0.125. The minimum Gasteiger partial charge on any atom is -0.497 e. The Kier molecular flexibility index (Phi) is 4.90. The molecule has 4 nitrogen and oxygen atoms in total. The number of para-hydroxylation sites is 1. The quantitative estimate of drug-likeness (QED) is 0.853. The lowest BCUT2D eigenvalue weighted by molar-refractivity contribution is 0.102. The summed E-state index contributed by atoms with van der Waals surface area (Å²) in [6.45, 7) is 0. The van der Waals surface area contributed by atoms with Gasteiger partial charge in [0.2, 0.25) is 0 Å². The van der Waals surface area contributed by atoms with Gasteiger partial charge in [0.25, 0.3) is 5.91 Å². The van der Waals surface area contributed by atoms with Crippen LogP contribution >= 0.6 is 12.2 Å². The van der Waals surface area contributed by atoms with E-state index in [9.17, 15) is 4.79 Å². The molecule has 21 heavy (non-hydrogen) atoms. The van der Waals surface area contributed by atoms with Crippen molar-refractivity contribution in [2.75, 3.05) is 19.5 Å². The topological polar surface area (TPSA) is 50.4 Å². The summed E-state index contributed by atoms with van der Waals surface area (Å²) in [6.07, 6.45) is 0. The zero-order valence-electron chi connectivity index (χ0n) is 11.8. The lowest BCUT2D eigenvalue weighted by Gasteiger charge is -2.12. The van der Waals surface area contributed by atoms with Crippen LogP contribution in [0.15, 0.2) is 48.5 Å². The van der Waals surface area contributed by atoms with E-state index in [-0.39, 0.29) is 5.91 Å². The van der Waals surface area contributed by atoms with Crippen LogP contribution in [-0.2, 0) is 0 Å². The molecule has 0 fully saturated rings. The van der Waals surface area contributed by atoms with E-state index >= 15 is 0 Å². The number of anilines is 1. The van der Waals surface area contributed by atoms with E-state index in [1.807, 2.05) is 24.3 Å². The molecule has 2 N–H and O–H groups in total. The Labute approximate surface area is 129 Å². The summed E-state index contributed by atoms with van der Waals surface area (Å²) in [5.74, 6) is 0.521. The van der Waals surface area contributed by atoms with Crippen molar-refractivity contribution < 1.29 is 9.53 Å². The van der Waals surface area contributed by atoms with Crippen LogP contribution in [0, 0.1) is 0 Å². The summed E-state index contributed by atoms with van der Waals surface area (Å²) in [5, 5.41) is 5.79. The van der Waals surface area contributed by atoms with Crippen molar-refractivity contribution in [2.45, 2.75) is 0 Å². The van der Waals surface area contributed by atoms with Gasteiger partial charge >= 0.3 is 0 Å². The van der Waals surface area contributed by atoms with Crippen LogP contribution < -0.4 is 15.4 Å². The highest BCUT2D eigenvalue weighted by Gasteiger charge is 2.11. The Balaban J connectivity index is 2.21. The van der Waals surface area contributed by atoms with Crippen LogP contribution in [-0.4, -0.2) is 25.1 Å². The number of rotatable bonds is 4. The lowest BCUT2D eigenvalue weighted by atomic mass is 10.1. The molecule has 1 amide bonds. The number of nitrogens with one attached hydrogen (secondary N) is 2. The molecule has 5 heteroatoms. The van der Waals surface area contributed by atoms with Crippen LogP contribution in [0.5, 0.6) is 5.75 Å². The van der Waals surface area contributed by atoms with Crippen molar-refractivity contribution in [2.24, 2.45) is 0 Å². The molecule has 2 aromatic carbocycles. The number of hydrogen-bond acceptors (Lipinski definition) is 3. The molecule has 2 rings (SSSR count). The third-order valence-corrected chi connectivity index (χ3v) is 3.42. The predicted molar refractivity (Wildman–Crippen MR) is 88.1 cm³/mol. The van der Waals surface area contributed by atoms with Crippen LogP contribution in [0.2, 0.25) is 0 Å². The van der Waals surface area contributed by atoms with Crippen LogP contribution in [0.1, 0.15) is 15.9 Å². The number of thiocarbonyl (C=S) groups is 1. The maximum absolute atomic E-state index is 12.3. The van der Waals surface area contributed by atoms with Gasteiger partial charge in [-0.15, -0.1) is 0 Å². The van der Waals surface area contributed by atoms with Crippen LogP contribution in [0.3, 0.4) is 0 Å². The molecule has 0 saturated carbocycles. The Hall–Kier alpha value is -2.40. The number of carbonyl (C=O) groups is 1. The van der Waals surface area contributed by atoms with Gasteiger partial charge in [0.05, 0.1) is 12.8 Å². The van der Waals surface area contributed by atoms with Crippen molar-refractivity contribution in [3.8, 4) is 5.75 Å². The zero-order valence-corrected chi connectivity index (χ0v) is 12.7. The highest BCUT2D eigenvalue weighted by atomic mass is 32.1. The summed E-state index contributed by atoms with van der Waals surface area (Å²) in [7, 11) is 3.34. The Morgan fingerprint density at radius 1 is 1.10 bits per heavy atom. The highest BCUT2D eigenvalue weighted by molar-refractivity contribution is 7.80. The Bertz CT molecular complexity index is 654. The normalized spacial score (nSPS) is 9.81. The number of benzene rings is 2. The average molecular weight is 300 g/mol. The van der Waals surface area contributed by atoms with Gasteiger partial charge in [0.1, 0.15) is 10.7 Å². The molecule has 0 radical (unpaired) electrons. The van der Waals surface area contributed by atoms with Crippen molar-refractivity contribution in [3.05, 3.63) is 59.7 Å². The number of ether oxygens (including phenoxy) is 1. The predicted octanol–water partition coefficient (Wildman–Crippen LogP) is 2.84. The van der Waals surface area contributed by atoms with Gasteiger partial charge in [-0.3, -0.25) is 4.79 Å². The van der Waals surface area contributed by atoms with Crippen molar-refractivity contribution >= 4 is 28.8 Å². The minimum atomic E-state index is -0.191. The molecule has 0 aliphatic heterocycles. The molecular formula is C16H16N2O2S. The number of methoxy groups -OCH3 is 1. The van der Waals surface area contributed by atoms with Gasteiger partial charge in [-0.25, -0.2) is 0 Å². The summed E-state index contributed by atoms with van der Waals surface area (Å²) >= 11 is 5.23. The van der Waals surface area contributed by atoms with E-state index in [0.717, 1.165) is 5.56 Å². The van der Waals surface area contributed by atoms with E-state index in [4.69, 9.17) is 17.0 Å². The first kappa shape index (κ1) is 15.0. The molecule has 2 aromatic rings. The van der Waals surface area contributed by atoms with E-state index in [1.54, 1.807) is 38.4 Å². The zero-order chi connectivity index (χ0) is 15.2. The van der Waals surface area contributed by atoms with Gasteiger partial charge in [-0.05, 0) is 36.4 Å². The first-order chi connectivity index (χ1) is 10.2. The summed E-state index contributed by atoms with van der Waals surface area (Å²) < 4.78 is 5.08. The van der Waals surface area contributed by atoms with E-state index in [0.29, 0.717) is 22.0 Å². The summed E-state index contributed by atoms with van der Waals surface area (Å²) in [4.78, 5) is 12.8. The lowest BCUT2D eigenvalue weighted by Crippen LogP contribution is -2.20. The fourth-order valence-corrected chi connectivity index (χ4v) is 2.04. The van der Waals surface area contributed by atoms with E-state index in [2.05, 4.69) is 10.6 Å². The first-order valence-electron chi connectivity index (χ1n) is 6.42. The summed E-state index contributed by atoms with van der Waals surface area (Å²) in [5.41, 5.74) is 2.02. The number of carbonyl (C=O) groups excluding carboxylic acids is 1. The smallest absolute Gasteiger partial charge is 0.255 e. The highest BCUT2D eigenvalue weighted by Crippen LogP contribution is 2.18. The molecule has 0 unspecified atom stereocenters. The molecular weight excluding hydrogens is 284 g/mol. The molecule has 0 spiro atoms. The van der Waals surface area contributed by atoms with Gasteiger partial charge < -0.3 is 15.4 Å².